The van der Waals surface area contributed by atoms with Gasteiger partial charge < -0.3 is 4.74 Å². The molecule has 0 unspecified atom stereocenters. The molecular formula is C17H19ClN4O. The van der Waals surface area contributed by atoms with Crippen molar-refractivity contribution >= 4 is 11.6 Å². The number of rotatable bonds is 5. The first kappa shape index (κ1) is 15.9. The summed E-state index contributed by atoms with van der Waals surface area (Å²) in [5, 5.41) is 16.5. The maximum absolute atomic E-state index is 8.71. The van der Waals surface area contributed by atoms with Gasteiger partial charge >= 0.3 is 0 Å². The second-order valence-electron chi connectivity index (χ2n) is 5.79. The second kappa shape index (κ2) is 7.49. The Morgan fingerprint density at radius 1 is 1.43 bits per heavy atom. The standard InChI is InChI=1S/C17H19ClN4O/c18-15-3-4-17(23-9-6-19)14(10-15)12-22-8-1-2-13(11-22)16-5-7-20-21-16/h3-5,7,10,13H,1-2,8-9,11-12H2,(H,20,21)/t13-/m0/s1. The molecule has 1 aliphatic rings. The van der Waals surface area contributed by atoms with Gasteiger partial charge in [-0.2, -0.15) is 10.4 Å². The SMILES string of the molecule is N#CCOc1ccc(Cl)cc1CN1CCC[C@H](c2ccn[nH]2)C1. The van der Waals surface area contributed by atoms with E-state index < -0.39 is 0 Å². The summed E-state index contributed by atoms with van der Waals surface area (Å²) in [6.45, 7) is 2.85. The maximum atomic E-state index is 8.71. The summed E-state index contributed by atoms with van der Waals surface area (Å²) in [5.74, 6) is 1.22. The number of likely N-dealkylation sites (tertiary alicyclic amines) is 1. The lowest BCUT2D eigenvalue weighted by Crippen LogP contribution is -2.34. The van der Waals surface area contributed by atoms with E-state index in [-0.39, 0.29) is 6.61 Å². The summed E-state index contributed by atoms with van der Waals surface area (Å²) in [7, 11) is 0. The van der Waals surface area contributed by atoms with Crippen molar-refractivity contribution in [1.29, 1.82) is 5.26 Å². The van der Waals surface area contributed by atoms with E-state index in [1.807, 2.05) is 18.2 Å². The number of hydrogen-bond acceptors (Lipinski definition) is 4. The van der Waals surface area contributed by atoms with Gasteiger partial charge in [-0.3, -0.25) is 10.00 Å². The molecule has 1 saturated heterocycles. The predicted molar refractivity (Wildman–Crippen MR) is 88.4 cm³/mol. The van der Waals surface area contributed by atoms with E-state index in [4.69, 9.17) is 21.6 Å². The molecule has 2 heterocycles. The summed E-state index contributed by atoms with van der Waals surface area (Å²) in [5.41, 5.74) is 2.22. The quantitative estimate of drug-likeness (QED) is 0.913. The molecule has 0 radical (unpaired) electrons. The van der Waals surface area contributed by atoms with Gasteiger partial charge in [0.2, 0.25) is 0 Å². The Labute approximate surface area is 140 Å². The molecule has 3 rings (SSSR count). The molecule has 1 atom stereocenters. The lowest BCUT2D eigenvalue weighted by molar-refractivity contribution is 0.196. The van der Waals surface area contributed by atoms with E-state index in [1.165, 1.54) is 12.1 Å². The molecule has 0 aliphatic carbocycles. The van der Waals surface area contributed by atoms with Crippen LogP contribution in [0.4, 0.5) is 0 Å². The van der Waals surface area contributed by atoms with Crippen LogP contribution in [0.5, 0.6) is 5.75 Å². The van der Waals surface area contributed by atoms with Gasteiger partial charge in [0.25, 0.3) is 0 Å². The Bertz CT molecular complexity index is 680. The molecular weight excluding hydrogens is 312 g/mol. The third-order valence-corrected chi connectivity index (χ3v) is 4.41. The van der Waals surface area contributed by atoms with Crippen molar-refractivity contribution in [2.45, 2.75) is 25.3 Å². The number of piperidine rings is 1. The summed E-state index contributed by atoms with van der Waals surface area (Å²) in [6.07, 6.45) is 4.13. The molecule has 2 aromatic rings. The molecule has 0 amide bonds. The van der Waals surface area contributed by atoms with Crippen LogP contribution >= 0.6 is 11.6 Å². The van der Waals surface area contributed by atoms with Crippen LogP contribution in [-0.4, -0.2) is 34.8 Å². The van der Waals surface area contributed by atoms with Crippen LogP contribution < -0.4 is 4.74 Å². The van der Waals surface area contributed by atoms with E-state index in [0.717, 1.165) is 37.4 Å². The fourth-order valence-electron chi connectivity index (χ4n) is 3.11. The molecule has 1 aliphatic heterocycles. The van der Waals surface area contributed by atoms with Crippen LogP contribution in [0.3, 0.4) is 0 Å². The van der Waals surface area contributed by atoms with Gasteiger partial charge in [0.15, 0.2) is 6.61 Å². The van der Waals surface area contributed by atoms with Gasteiger partial charge in [-0.25, -0.2) is 0 Å². The summed E-state index contributed by atoms with van der Waals surface area (Å²) in [4.78, 5) is 2.40. The van der Waals surface area contributed by atoms with Crippen LogP contribution in [0.15, 0.2) is 30.5 Å². The highest BCUT2D eigenvalue weighted by molar-refractivity contribution is 6.30. The first-order chi connectivity index (χ1) is 11.3. The number of hydrogen-bond donors (Lipinski definition) is 1. The van der Waals surface area contributed by atoms with Crippen molar-refractivity contribution < 1.29 is 4.74 Å². The van der Waals surface area contributed by atoms with Crippen molar-refractivity contribution in [3.8, 4) is 11.8 Å². The first-order valence-electron chi connectivity index (χ1n) is 7.76. The summed E-state index contributed by atoms with van der Waals surface area (Å²) >= 11 is 6.13. The smallest absolute Gasteiger partial charge is 0.174 e. The molecule has 1 aromatic heterocycles. The molecule has 0 bridgehead atoms. The van der Waals surface area contributed by atoms with Crippen molar-refractivity contribution in [3.63, 3.8) is 0 Å². The third kappa shape index (κ3) is 4.04. The zero-order valence-corrected chi connectivity index (χ0v) is 13.6. The Morgan fingerprint density at radius 3 is 3.13 bits per heavy atom. The van der Waals surface area contributed by atoms with Gasteiger partial charge in [0.05, 0.1) is 0 Å². The van der Waals surface area contributed by atoms with Crippen molar-refractivity contribution in [3.05, 3.63) is 46.7 Å². The number of aromatic nitrogens is 2. The average Bonchev–Trinajstić information content (AvgIpc) is 3.09. The Balaban J connectivity index is 1.71. The van der Waals surface area contributed by atoms with Crippen LogP contribution in [0.1, 0.15) is 30.0 Å². The van der Waals surface area contributed by atoms with Gasteiger partial charge in [-0.1, -0.05) is 11.6 Å². The molecule has 0 saturated carbocycles. The highest BCUT2D eigenvalue weighted by Crippen LogP contribution is 2.29. The molecule has 6 heteroatoms. The molecule has 1 aromatic carbocycles. The number of nitriles is 1. The highest BCUT2D eigenvalue weighted by atomic mass is 35.5. The van der Waals surface area contributed by atoms with Crippen molar-refractivity contribution in [2.75, 3.05) is 19.7 Å². The number of nitrogens with one attached hydrogen (secondary N) is 1. The van der Waals surface area contributed by atoms with Crippen LogP contribution in [0.2, 0.25) is 5.02 Å². The van der Waals surface area contributed by atoms with Crippen LogP contribution in [0, 0.1) is 11.3 Å². The Morgan fingerprint density at radius 2 is 2.35 bits per heavy atom. The lowest BCUT2D eigenvalue weighted by atomic mass is 9.94. The van der Waals surface area contributed by atoms with E-state index in [9.17, 15) is 0 Å². The fourth-order valence-corrected chi connectivity index (χ4v) is 3.31. The number of halogens is 1. The monoisotopic (exact) mass is 330 g/mol. The number of benzene rings is 1. The minimum absolute atomic E-state index is 0.0470. The third-order valence-electron chi connectivity index (χ3n) is 4.18. The topological polar surface area (TPSA) is 64.9 Å². The first-order valence-corrected chi connectivity index (χ1v) is 8.14. The Kier molecular flexibility index (Phi) is 5.16. The molecule has 0 spiro atoms. The predicted octanol–water partition coefficient (Wildman–Crippen LogP) is 3.35. The zero-order valence-electron chi connectivity index (χ0n) is 12.8. The molecule has 1 N–H and O–H groups in total. The second-order valence-corrected chi connectivity index (χ2v) is 6.22. The van der Waals surface area contributed by atoms with Crippen molar-refractivity contribution in [1.82, 2.24) is 15.1 Å². The maximum Gasteiger partial charge on any atom is 0.174 e. The van der Waals surface area contributed by atoms with Crippen molar-refractivity contribution in [2.24, 2.45) is 0 Å². The number of aromatic amines is 1. The fraction of sp³-hybridized carbons (Fsp3) is 0.412. The summed E-state index contributed by atoms with van der Waals surface area (Å²) in [6, 6.07) is 9.61. The minimum atomic E-state index is 0.0470. The molecule has 5 nitrogen and oxygen atoms in total. The number of ether oxygens (including phenoxy) is 1. The van der Waals surface area contributed by atoms with Gasteiger partial charge in [0, 0.05) is 41.5 Å². The van der Waals surface area contributed by atoms with Crippen LogP contribution in [0.25, 0.3) is 0 Å². The minimum Gasteiger partial charge on any atom is -0.478 e. The normalized spacial score (nSPS) is 18.5. The van der Waals surface area contributed by atoms with Gasteiger partial charge in [-0.05, 0) is 43.7 Å². The zero-order chi connectivity index (χ0) is 16.1. The van der Waals surface area contributed by atoms with Crippen LogP contribution in [-0.2, 0) is 6.54 Å². The lowest BCUT2D eigenvalue weighted by Gasteiger charge is -2.32. The molecule has 1 fully saturated rings. The van der Waals surface area contributed by atoms with E-state index in [0.29, 0.717) is 10.9 Å². The van der Waals surface area contributed by atoms with E-state index in [2.05, 4.69) is 21.2 Å². The van der Waals surface area contributed by atoms with Gasteiger partial charge in [0.1, 0.15) is 11.8 Å². The molecule has 120 valence electrons. The summed E-state index contributed by atoms with van der Waals surface area (Å²) < 4.78 is 5.52. The number of H-pyrrole nitrogens is 1. The molecule has 23 heavy (non-hydrogen) atoms. The van der Waals surface area contributed by atoms with E-state index in [1.54, 1.807) is 12.3 Å². The highest BCUT2D eigenvalue weighted by Gasteiger charge is 2.23. The van der Waals surface area contributed by atoms with E-state index >= 15 is 0 Å². The average molecular weight is 331 g/mol. The van der Waals surface area contributed by atoms with Gasteiger partial charge in [-0.15, -0.1) is 0 Å². The number of nitrogens with zero attached hydrogens (tertiary/aromatic N) is 3. The Hall–Kier alpha value is -2.03. The largest absolute Gasteiger partial charge is 0.478 e.